The summed E-state index contributed by atoms with van der Waals surface area (Å²) in [5, 5.41) is 11.9. The van der Waals surface area contributed by atoms with Crippen LogP contribution < -0.4 is 10.9 Å². The minimum absolute atomic E-state index is 0.161. The summed E-state index contributed by atoms with van der Waals surface area (Å²) in [5.41, 5.74) is -0.173. The van der Waals surface area contributed by atoms with Crippen LogP contribution in [-0.4, -0.2) is 26.7 Å². The molecule has 0 saturated heterocycles. The molecule has 0 aromatic carbocycles. The minimum atomic E-state index is -0.844. The molecule has 2 unspecified atom stereocenters. The molecule has 20 heavy (non-hydrogen) atoms. The second-order valence-corrected chi connectivity index (χ2v) is 5.44. The topological polar surface area (TPSA) is 84.2 Å². The first-order chi connectivity index (χ1) is 9.47. The van der Waals surface area contributed by atoms with Gasteiger partial charge in [-0.3, -0.25) is 9.59 Å². The molecule has 1 aromatic heterocycles. The van der Waals surface area contributed by atoms with E-state index in [0.717, 1.165) is 0 Å². The molecule has 6 heteroatoms. The van der Waals surface area contributed by atoms with Gasteiger partial charge in [0.25, 0.3) is 5.56 Å². The standard InChI is InChI=1S/C14H19N3O3/c1-9(2)8-17-6-5-15-12(13(17)18)16-11-4-3-10(7-11)14(19)20/h3-6,9-11H,7-8H2,1-2H3,(H,15,16)(H,19,20). The molecule has 6 nitrogen and oxygen atoms in total. The summed E-state index contributed by atoms with van der Waals surface area (Å²) in [6, 6.07) is -0.161. The van der Waals surface area contributed by atoms with Crippen molar-refractivity contribution < 1.29 is 9.90 Å². The van der Waals surface area contributed by atoms with Crippen molar-refractivity contribution >= 4 is 11.8 Å². The van der Waals surface area contributed by atoms with E-state index >= 15 is 0 Å². The molecule has 2 rings (SSSR count). The summed E-state index contributed by atoms with van der Waals surface area (Å²) in [7, 11) is 0. The van der Waals surface area contributed by atoms with E-state index in [9.17, 15) is 9.59 Å². The molecule has 108 valence electrons. The number of aliphatic carboxylic acids is 1. The number of hydrogen-bond donors (Lipinski definition) is 2. The Morgan fingerprint density at radius 1 is 1.55 bits per heavy atom. The van der Waals surface area contributed by atoms with E-state index in [1.165, 1.54) is 0 Å². The molecule has 1 heterocycles. The number of rotatable bonds is 5. The lowest BCUT2D eigenvalue weighted by Crippen LogP contribution is -2.29. The number of carboxylic acid groups (broad SMARTS) is 1. The number of nitrogens with zero attached hydrogens (tertiary/aromatic N) is 2. The van der Waals surface area contributed by atoms with Crippen molar-refractivity contribution in [3.63, 3.8) is 0 Å². The van der Waals surface area contributed by atoms with Crippen LogP contribution >= 0.6 is 0 Å². The van der Waals surface area contributed by atoms with Crippen molar-refractivity contribution in [1.82, 2.24) is 9.55 Å². The Morgan fingerprint density at radius 3 is 2.90 bits per heavy atom. The van der Waals surface area contributed by atoms with Gasteiger partial charge in [0.1, 0.15) is 0 Å². The van der Waals surface area contributed by atoms with Crippen molar-refractivity contribution in [1.29, 1.82) is 0 Å². The molecule has 0 amide bonds. The predicted octanol–water partition coefficient (Wildman–Crippen LogP) is 1.34. The maximum atomic E-state index is 12.2. The normalized spacial score (nSPS) is 21.4. The Bertz CT molecular complexity index is 577. The number of carbonyl (C=O) groups is 1. The van der Waals surface area contributed by atoms with E-state index in [0.29, 0.717) is 18.9 Å². The fourth-order valence-corrected chi connectivity index (χ4v) is 2.25. The quantitative estimate of drug-likeness (QED) is 0.793. The van der Waals surface area contributed by atoms with E-state index in [2.05, 4.69) is 10.3 Å². The van der Waals surface area contributed by atoms with Gasteiger partial charge in [0, 0.05) is 25.0 Å². The van der Waals surface area contributed by atoms with Gasteiger partial charge in [-0.25, -0.2) is 4.98 Å². The second-order valence-electron chi connectivity index (χ2n) is 5.44. The molecule has 2 N–H and O–H groups in total. The van der Waals surface area contributed by atoms with E-state index in [-0.39, 0.29) is 17.4 Å². The van der Waals surface area contributed by atoms with Crippen molar-refractivity contribution in [3.8, 4) is 0 Å². The first kappa shape index (κ1) is 14.3. The molecule has 0 saturated carbocycles. The largest absolute Gasteiger partial charge is 0.481 e. The zero-order valence-corrected chi connectivity index (χ0v) is 11.6. The van der Waals surface area contributed by atoms with Gasteiger partial charge in [-0.1, -0.05) is 26.0 Å². The van der Waals surface area contributed by atoms with Gasteiger partial charge in [0.15, 0.2) is 5.82 Å². The van der Waals surface area contributed by atoms with E-state index in [1.807, 2.05) is 13.8 Å². The van der Waals surface area contributed by atoms with Gasteiger partial charge in [-0.15, -0.1) is 0 Å². The molecular formula is C14H19N3O3. The molecule has 0 radical (unpaired) electrons. The monoisotopic (exact) mass is 277 g/mol. The molecule has 1 aliphatic rings. The molecule has 1 aromatic rings. The Balaban J connectivity index is 2.10. The third kappa shape index (κ3) is 3.26. The molecule has 2 atom stereocenters. The third-order valence-electron chi connectivity index (χ3n) is 3.20. The molecule has 0 fully saturated rings. The average Bonchev–Trinajstić information content (AvgIpc) is 2.82. The average molecular weight is 277 g/mol. The Labute approximate surface area is 117 Å². The minimum Gasteiger partial charge on any atom is -0.481 e. The van der Waals surface area contributed by atoms with Crippen LogP contribution in [0.3, 0.4) is 0 Å². The van der Waals surface area contributed by atoms with Crippen molar-refractivity contribution in [2.24, 2.45) is 11.8 Å². The summed E-state index contributed by atoms with van der Waals surface area (Å²) in [4.78, 5) is 27.1. The number of anilines is 1. The van der Waals surface area contributed by atoms with E-state index < -0.39 is 11.9 Å². The lowest BCUT2D eigenvalue weighted by Gasteiger charge is -2.14. The highest BCUT2D eigenvalue weighted by atomic mass is 16.4. The van der Waals surface area contributed by atoms with E-state index in [1.54, 1.807) is 29.1 Å². The molecule has 1 aliphatic carbocycles. The highest BCUT2D eigenvalue weighted by Crippen LogP contribution is 2.20. The van der Waals surface area contributed by atoms with Crippen LogP contribution in [0.5, 0.6) is 0 Å². The molecule has 0 aliphatic heterocycles. The van der Waals surface area contributed by atoms with Crippen molar-refractivity contribution in [2.75, 3.05) is 5.32 Å². The Kier molecular flexibility index (Phi) is 4.22. The highest BCUT2D eigenvalue weighted by molar-refractivity contribution is 5.73. The van der Waals surface area contributed by atoms with Crippen molar-refractivity contribution in [3.05, 3.63) is 34.9 Å². The Hall–Kier alpha value is -2.11. The second kappa shape index (κ2) is 5.90. The zero-order valence-electron chi connectivity index (χ0n) is 11.6. The number of aromatic nitrogens is 2. The number of hydrogen-bond acceptors (Lipinski definition) is 4. The fourth-order valence-electron chi connectivity index (χ4n) is 2.25. The number of carboxylic acids is 1. The summed E-state index contributed by atoms with van der Waals surface area (Å²) in [6.07, 6.45) is 7.11. The van der Waals surface area contributed by atoms with Gasteiger partial charge in [0.05, 0.1) is 5.92 Å². The molecule has 0 bridgehead atoms. The van der Waals surface area contributed by atoms with Crippen LogP contribution in [-0.2, 0) is 11.3 Å². The fraction of sp³-hybridized carbons (Fsp3) is 0.500. The van der Waals surface area contributed by atoms with Crippen LogP contribution in [0.4, 0.5) is 5.82 Å². The summed E-state index contributed by atoms with van der Waals surface area (Å²) < 4.78 is 1.62. The lowest BCUT2D eigenvalue weighted by atomic mass is 10.1. The molecular weight excluding hydrogens is 258 g/mol. The summed E-state index contributed by atoms with van der Waals surface area (Å²) >= 11 is 0. The smallest absolute Gasteiger partial charge is 0.310 e. The third-order valence-corrected chi connectivity index (χ3v) is 3.20. The van der Waals surface area contributed by atoms with Crippen LogP contribution in [0, 0.1) is 11.8 Å². The van der Waals surface area contributed by atoms with Crippen LogP contribution in [0.15, 0.2) is 29.3 Å². The maximum absolute atomic E-state index is 12.2. The summed E-state index contributed by atoms with van der Waals surface area (Å²) in [5.74, 6) is -0.697. The zero-order chi connectivity index (χ0) is 14.7. The lowest BCUT2D eigenvalue weighted by molar-refractivity contribution is -0.140. The van der Waals surface area contributed by atoms with Crippen LogP contribution in [0.2, 0.25) is 0 Å². The first-order valence-electron chi connectivity index (χ1n) is 6.70. The van der Waals surface area contributed by atoms with Crippen LogP contribution in [0.25, 0.3) is 0 Å². The van der Waals surface area contributed by atoms with Gasteiger partial charge in [-0.2, -0.15) is 0 Å². The number of nitrogens with one attached hydrogen (secondary N) is 1. The SMILES string of the molecule is CC(C)Cn1ccnc(NC2C=CC(C(=O)O)C2)c1=O. The van der Waals surface area contributed by atoms with Gasteiger partial charge >= 0.3 is 5.97 Å². The highest BCUT2D eigenvalue weighted by Gasteiger charge is 2.25. The predicted molar refractivity (Wildman–Crippen MR) is 75.6 cm³/mol. The summed E-state index contributed by atoms with van der Waals surface area (Å²) in [6.45, 7) is 4.71. The molecule has 0 spiro atoms. The van der Waals surface area contributed by atoms with Crippen LogP contribution in [0.1, 0.15) is 20.3 Å². The maximum Gasteiger partial charge on any atom is 0.310 e. The van der Waals surface area contributed by atoms with E-state index in [4.69, 9.17) is 5.11 Å². The Morgan fingerprint density at radius 2 is 2.30 bits per heavy atom. The first-order valence-corrected chi connectivity index (χ1v) is 6.70. The van der Waals surface area contributed by atoms with Gasteiger partial charge < -0.3 is 15.0 Å². The van der Waals surface area contributed by atoms with Crippen molar-refractivity contribution in [2.45, 2.75) is 32.9 Å². The van der Waals surface area contributed by atoms with Gasteiger partial charge in [-0.05, 0) is 12.3 Å². The van der Waals surface area contributed by atoms with Gasteiger partial charge in [0.2, 0.25) is 0 Å².